The van der Waals surface area contributed by atoms with Crippen molar-refractivity contribution in [3.63, 3.8) is 0 Å². The highest BCUT2D eigenvalue weighted by atomic mass is 32.2. The van der Waals surface area contributed by atoms with Gasteiger partial charge in [-0.1, -0.05) is 18.2 Å². The van der Waals surface area contributed by atoms with E-state index in [2.05, 4.69) is 4.98 Å². The molecule has 2 aliphatic rings. The Labute approximate surface area is 160 Å². The fourth-order valence-electron chi connectivity index (χ4n) is 4.02. The smallest absolute Gasteiger partial charge is 0.237 e. The first kappa shape index (κ1) is 18.5. The lowest BCUT2D eigenvalue weighted by Crippen LogP contribution is -2.45. The van der Waals surface area contributed by atoms with Crippen LogP contribution in [0.25, 0.3) is 0 Å². The van der Waals surface area contributed by atoms with E-state index in [1.807, 2.05) is 35.0 Å². The second-order valence-electron chi connectivity index (χ2n) is 7.20. The number of imidazole rings is 1. The third-order valence-corrected chi connectivity index (χ3v) is 7.31. The van der Waals surface area contributed by atoms with Crippen LogP contribution in [0.4, 0.5) is 5.69 Å². The van der Waals surface area contributed by atoms with Gasteiger partial charge < -0.3 is 14.0 Å². The van der Waals surface area contributed by atoms with E-state index < -0.39 is 10.0 Å². The Morgan fingerprint density at radius 1 is 1.37 bits per heavy atom. The Bertz CT molecular complexity index is 863. The molecule has 7 nitrogen and oxygen atoms in total. The molecule has 3 unspecified atom stereocenters. The van der Waals surface area contributed by atoms with Crippen LogP contribution in [0.5, 0.6) is 0 Å². The van der Waals surface area contributed by atoms with Gasteiger partial charge in [0.25, 0.3) is 0 Å². The molecule has 3 heterocycles. The Kier molecular flexibility index (Phi) is 5.21. The number of ether oxygens (including phenoxy) is 2. The number of rotatable bonds is 6. The zero-order valence-electron chi connectivity index (χ0n) is 15.4. The average molecular weight is 391 g/mol. The predicted molar refractivity (Wildman–Crippen MR) is 102 cm³/mol. The van der Waals surface area contributed by atoms with E-state index >= 15 is 0 Å². The highest BCUT2D eigenvalue weighted by Crippen LogP contribution is 2.34. The number of fused-ring (bicyclic) bond motifs is 1. The van der Waals surface area contributed by atoms with Gasteiger partial charge >= 0.3 is 0 Å². The van der Waals surface area contributed by atoms with E-state index in [9.17, 15) is 8.42 Å². The second kappa shape index (κ2) is 7.61. The molecular formula is C19H25N3O4S. The predicted octanol–water partition coefficient (Wildman–Crippen LogP) is 1.87. The van der Waals surface area contributed by atoms with Crippen molar-refractivity contribution >= 4 is 15.7 Å². The lowest BCUT2D eigenvalue weighted by atomic mass is 10.00. The summed E-state index contributed by atoms with van der Waals surface area (Å²) in [6, 6.07) is 7.75. The van der Waals surface area contributed by atoms with Crippen LogP contribution >= 0.6 is 0 Å². The maximum Gasteiger partial charge on any atom is 0.237 e. The van der Waals surface area contributed by atoms with Crippen LogP contribution in [-0.4, -0.2) is 56.7 Å². The minimum Gasteiger partial charge on any atom is -0.381 e. The van der Waals surface area contributed by atoms with Crippen molar-refractivity contribution in [1.82, 2.24) is 9.55 Å². The molecule has 3 atom stereocenters. The number of para-hydroxylation sites is 1. The van der Waals surface area contributed by atoms with Gasteiger partial charge in [0.15, 0.2) is 0 Å². The first-order chi connectivity index (χ1) is 13.1. The third kappa shape index (κ3) is 3.74. The summed E-state index contributed by atoms with van der Waals surface area (Å²) in [6.45, 7) is 1.62. The van der Waals surface area contributed by atoms with Crippen molar-refractivity contribution < 1.29 is 17.9 Å². The quantitative estimate of drug-likeness (QED) is 0.752. The number of aromatic nitrogens is 2. The van der Waals surface area contributed by atoms with Gasteiger partial charge in [0.2, 0.25) is 10.0 Å². The molecule has 8 heteroatoms. The largest absolute Gasteiger partial charge is 0.381 e. The van der Waals surface area contributed by atoms with Crippen molar-refractivity contribution in [2.75, 3.05) is 36.9 Å². The van der Waals surface area contributed by atoms with Gasteiger partial charge in [-0.05, 0) is 24.5 Å². The number of methoxy groups -OCH3 is 1. The van der Waals surface area contributed by atoms with Gasteiger partial charge in [-0.3, -0.25) is 4.31 Å². The maximum absolute atomic E-state index is 13.4. The first-order valence-electron chi connectivity index (χ1n) is 9.25. The summed E-state index contributed by atoms with van der Waals surface area (Å²) in [5, 5.41) is 0. The minimum atomic E-state index is -3.55. The lowest BCUT2D eigenvalue weighted by molar-refractivity contribution is 0.0610. The molecule has 4 rings (SSSR count). The number of sulfonamides is 1. The molecule has 27 heavy (non-hydrogen) atoms. The SMILES string of the molecule is COC(CS(=O)(=O)N1CC(n2ccnc2)Cc2ccccc21)C1CCOC1. The Balaban J connectivity index is 1.63. The first-order valence-corrected chi connectivity index (χ1v) is 10.9. The fourth-order valence-corrected chi connectivity index (χ4v) is 5.90. The van der Waals surface area contributed by atoms with Crippen molar-refractivity contribution in [2.45, 2.75) is 25.0 Å². The van der Waals surface area contributed by atoms with E-state index in [1.165, 1.54) is 0 Å². The van der Waals surface area contributed by atoms with Crippen molar-refractivity contribution in [1.29, 1.82) is 0 Å². The van der Waals surface area contributed by atoms with Crippen molar-refractivity contribution in [2.24, 2.45) is 5.92 Å². The Morgan fingerprint density at radius 2 is 2.22 bits per heavy atom. The van der Waals surface area contributed by atoms with Gasteiger partial charge in [-0.15, -0.1) is 0 Å². The molecule has 0 aliphatic carbocycles. The summed E-state index contributed by atoms with van der Waals surface area (Å²) in [5.41, 5.74) is 1.80. The minimum absolute atomic E-state index is 0.0213. The fraction of sp³-hybridized carbons (Fsp3) is 0.526. The van der Waals surface area contributed by atoms with Crippen LogP contribution in [0.3, 0.4) is 0 Å². The number of anilines is 1. The third-order valence-electron chi connectivity index (χ3n) is 5.54. The second-order valence-corrected chi connectivity index (χ2v) is 9.14. The van der Waals surface area contributed by atoms with E-state index in [-0.39, 0.29) is 23.8 Å². The maximum atomic E-state index is 13.4. The van der Waals surface area contributed by atoms with E-state index in [0.29, 0.717) is 19.8 Å². The van der Waals surface area contributed by atoms with E-state index in [4.69, 9.17) is 9.47 Å². The molecule has 2 aromatic rings. The molecule has 0 amide bonds. The zero-order valence-corrected chi connectivity index (χ0v) is 16.2. The van der Waals surface area contributed by atoms with Gasteiger partial charge in [0.1, 0.15) is 0 Å². The molecule has 1 aromatic heterocycles. The van der Waals surface area contributed by atoms with Crippen LogP contribution in [0.1, 0.15) is 18.0 Å². The number of nitrogens with zero attached hydrogens (tertiary/aromatic N) is 3. The normalized spacial score (nSPS) is 24.0. The van der Waals surface area contributed by atoms with Crippen LogP contribution in [-0.2, 0) is 25.9 Å². The van der Waals surface area contributed by atoms with Gasteiger partial charge in [0, 0.05) is 32.0 Å². The summed E-state index contributed by atoms with van der Waals surface area (Å²) in [7, 11) is -1.97. The highest BCUT2D eigenvalue weighted by molar-refractivity contribution is 7.92. The van der Waals surface area contributed by atoms with Gasteiger partial charge in [-0.25, -0.2) is 13.4 Å². The van der Waals surface area contributed by atoms with Gasteiger partial charge in [0.05, 0.1) is 43.1 Å². The van der Waals surface area contributed by atoms with Crippen molar-refractivity contribution in [3.8, 4) is 0 Å². The summed E-state index contributed by atoms with van der Waals surface area (Å²) in [6.07, 6.45) is 6.61. The molecule has 0 spiro atoms. The molecule has 0 saturated carbocycles. The van der Waals surface area contributed by atoms with Gasteiger partial charge in [-0.2, -0.15) is 0 Å². The Morgan fingerprint density at radius 3 is 2.93 bits per heavy atom. The van der Waals surface area contributed by atoms with Crippen LogP contribution < -0.4 is 4.31 Å². The lowest BCUT2D eigenvalue weighted by Gasteiger charge is -2.36. The molecule has 2 aliphatic heterocycles. The topological polar surface area (TPSA) is 73.7 Å². The highest BCUT2D eigenvalue weighted by Gasteiger charge is 2.37. The molecule has 1 saturated heterocycles. The number of hydrogen-bond acceptors (Lipinski definition) is 5. The van der Waals surface area contributed by atoms with Crippen LogP contribution in [0.15, 0.2) is 43.0 Å². The monoisotopic (exact) mass is 391 g/mol. The average Bonchev–Trinajstić information content (AvgIpc) is 3.39. The zero-order chi connectivity index (χ0) is 18.9. The van der Waals surface area contributed by atoms with E-state index in [1.54, 1.807) is 23.9 Å². The molecule has 0 radical (unpaired) electrons. The standard InChI is InChI=1S/C19H25N3O4S/c1-25-19(16-6-9-26-12-16)13-27(23,24)22-11-17(21-8-7-20-14-21)10-15-4-2-3-5-18(15)22/h2-5,7-8,14,16-17,19H,6,9-13H2,1H3. The number of benzene rings is 1. The van der Waals surface area contributed by atoms with E-state index in [0.717, 1.165) is 24.1 Å². The molecule has 1 aromatic carbocycles. The Hall–Kier alpha value is -1.90. The summed E-state index contributed by atoms with van der Waals surface area (Å²) >= 11 is 0. The molecule has 0 bridgehead atoms. The summed E-state index contributed by atoms with van der Waals surface area (Å²) < 4.78 is 41.2. The molecule has 1 fully saturated rings. The summed E-state index contributed by atoms with van der Waals surface area (Å²) in [4.78, 5) is 4.12. The van der Waals surface area contributed by atoms with Crippen LogP contribution in [0, 0.1) is 5.92 Å². The van der Waals surface area contributed by atoms with Crippen LogP contribution in [0.2, 0.25) is 0 Å². The molecule has 0 N–H and O–H groups in total. The summed E-state index contributed by atoms with van der Waals surface area (Å²) in [5.74, 6) is 0.0805. The molecule has 146 valence electrons. The number of hydrogen-bond donors (Lipinski definition) is 0. The molecular weight excluding hydrogens is 366 g/mol. The van der Waals surface area contributed by atoms with Crippen molar-refractivity contribution in [3.05, 3.63) is 48.5 Å².